The summed E-state index contributed by atoms with van der Waals surface area (Å²) in [5.41, 5.74) is 2.59. The van der Waals surface area contributed by atoms with Crippen LogP contribution in [0.2, 0.25) is 10.0 Å². The standard InChI is InChI=1S/C22H22Cl2N4O2S/c1-4-9-28-19(12-30-18-10-14(2)21(24)15(3)11-18)26-27-22(28)31-13-20(29)25-17-7-5-16(23)6-8-17/h4-8,10-11H,1,9,12-13H2,2-3H3,(H,25,29). The van der Waals surface area contributed by atoms with Crippen LogP contribution in [0.15, 0.2) is 54.2 Å². The highest BCUT2D eigenvalue weighted by Crippen LogP contribution is 2.26. The number of aromatic nitrogens is 3. The molecule has 0 saturated carbocycles. The molecule has 0 saturated heterocycles. The minimum absolute atomic E-state index is 0.148. The summed E-state index contributed by atoms with van der Waals surface area (Å²) in [7, 11) is 0. The first-order chi connectivity index (χ1) is 14.9. The number of thioether (sulfide) groups is 1. The molecule has 3 aromatic rings. The van der Waals surface area contributed by atoms with Crippen LogP contribution in [0.5, 0.6) is 5.75 Å². The number of nitrogens with zero attached hydrogens (tertiary/aromatic N) is 3. The van der Waals surface area contributed by atoms with Gasteiger partial charge in [-0.1, -0.05) is 41.0 Å². The van der Waals surface area contributed by atoms with E-state index in [2.05, 4.69) is 22.1 Å². The lowest BCUT2D eigenvalue weighted by Gasteiger charge is -2.11. The summed E-state index contributed by atoms with van der Waals surface area (Å²) in [4.78, 5) is 12.3. The Balaban J connectivity index is 1.63. The average Bonchev–Trinajstić information content (AvgIpc) is 3.12. The fraction of sp³-hybridized carbons (Fsp3) is 0.227. The molecule has 9 heteroatoms. The number of hydrogen-bond acceptors (Lipinski definition) is 5. The maximum absolute atomic E-state index is 12.3. The van der Waals surface area contributed by atoms with Crippen LogP contribution in [0, 0.1) is 13.8 Å². The average molecular weight is 477 g/mol. The van der Waals surface area contributed by atoms with Gasteiger partial charge in [-0.15, -0.1) is 16.8 Å². The van der Waals surface area contributed by atoms with E-state index in [9.17, 15) is 4.79 Å². The van der Waals surface area contributed by atoms with Crippen molar-refractivity contribution in [1.82, 2.24) is 14.8 Å². The molecular formula is C22H22Cl2N4O2S. The summed E-state index contributed by atoms with van der Waals surface area (Å²) in [6, 6.07) is 10.7. The number of carbonyl (C=O) groups is 1. The second-order valence-corrected chi connectivity index (χ2v) is 8.56. The Kier molecular flexibility index (Phi) is 8.01. The molecule has 1 aromatic heterocycles. The van der Waals surface area contributed by atoms with Crippen LogP contribution >= 0.6 is 35.0 Å². The van der Waals surface area contributed by atoms with Crippen molar-refractivity contribution in [3.8, 4) is 5.75 Å². The smallest absolute Gasteiger partial charge is 0.234 e. The van der Waals surface area contributed by atoms with Crippen LogP contribution in [0.25, 0.3) is 0 Å². The SMILES string of the molecule is C=CCn1c(COc2cc(C)c(Cl)c(C)c2)nnc1SCC(=O)Nc1ccc(Cl)cc1. The van der Waals surface area contributed by atoms with Crippen molar-refractivity contribution in [1.29, 1.82) is 0 Å². The Morgan fingerprint density at radius 2 is 1.87 bits per heavy atom. The third-order valence-electron chi connectivity index (χ3n) is 4.34. The van der Waals surface area contributed by atoms with Crippen LogP contribution in [-0.2, 0) is 17.9 Å². The molecule has 1 amide bonds. The van der Waals surface area contributed by atoms with Gasteiger partial charge >= 0.3 is 0 Å². The first-order valence-electron chi connectivity index (χ1n) is 9.48. The number of carbonyl (C=O) groups excluding carboxylic acids is 1. The number of nitrogens with one attached hydrogen (secondary N) is 1. The molecule has 3 rings (SSSR count). The third kappa shape index (κ3) is 6.26. The van der Waals surface area contributed by atoms with E-state index in [4.69, 9.17) is 27.9 Å². The van der Waals surface area contributed by atoms with Gasteiger partial charge in [-0.3, -0.25) is 9.36 Å². The normalized spacial score (nSPS) is 10.7. The lowest BCUT2D eigenvalue weighted by Crippen LogP contribution is -2.15. The predicted octanol–water partition coefficient (Wildman–Crippen LogP) is 5.70. The van der Waals surface area contributed by atoms with E-state index in [1.807, 2.05) is 30.5 Å². The quantitative estimate of drug-likeness (QED) is 0.316. The highest BCUT2D eigenvalue weighted by molar-refractivity contribution is 7.99. The molecule has 0 fully saturated rings. The van der Waals surface area contributed by atoms with E-state index in [1.165, 1.54) is 11.8 Å². The Bertz CT molecular complexity index is 1060. The molecule has 162 valence electrons. The number of anilines is 1. The molecule has 0 bridgehead atoms. The zero-order valence-corrected chi connectivity index (χ0v) is 19.5. The van der Waals surface area contributed by atoms with Gasteiger partial charge in [0.2, 0.25) is 5.91 Å². The summed E-state index contributed by atoms with van der Waals surface area (Å²) in [5, 5.41) is 13.2. The van der Waals surface area contributed by atoms with Crippen molar-refractivity contribution in [3.05, 3.63) is 76.0 Å². The van der Waals surface area contributed by atoms with Crippen LogP contribution < -0.4 is 10.1 Å². The minimum Gasteiger partial charge on any atom is -0.486 e. The number of amides is 1. The summed E-state index contributed by atoms with van der Waals surface area (Å²) < 4.78 is 7.79. The Morgan fingerprint density at radius 3 is 2.52 bits per heavy atom. The molecule has 0 aliphatic carbocycles. The molecule has 0 unspecified atom stereocenters. The van der Waals surface area contributed by atoms with Crippen molar-refractivity contribution in [3.63, 3.8) is 0 Å². The van der Waals surface area contributed by atoms with Crippen LogP contribution in [0.1, 0.15) is 17.0 Å². The van der Waals surface area contributed by atoms with Crippen molar-refractivity contribution < 1.29 is 9.53 Å². The lowest BCUT2D eigenvalue weighted by molar-refractivity contribution is -0.113. The van der Waals surface area contributed by atoms with Gasteiger partial charge in [0.25, 0.3) is 0 Å². The van der Waals surface area contributed by atoms with Crippen LogP contribution in [0.3, 0.4) is 0 Å². The summed E-state index contributed by atoms with van der Waals surface area (Å²) >= 11 is 13.4. The molecule has 0 aliphatic heterocycles. The summed E-state index contributed by atoms with van der Waals surface area (Å²) in [5.74, 6) is 1.40. The van der Waals surface area contributed by atoms with E-state index in [0.717, 1.165) is 16.1 Å². The molecule has 1 heterocycles. The number of allylic oxidation sites excluding steroid dienone is 1. The van der Waals surface area contributed by atoms with Gasteiger partial charge < -0.3 is 10.1 Å². The number of hydrogen-bond donors (Lipinski definition) is 1. The van der Waals surface area contributed by atoms with Crippen molar-refractivity contribution >= 4 is 46.6 Å². The predicted molar refractivity (Wildman–Crippen MR) is 126 cm³/mol. The number of halogens is 2. The van der Waals surface area contributed by atoms with Gasteiger partial charge in [-0.2, -0.15) is 0 Å². The molecule has 31 heavy (non-hydrogen) atoms. The molecule has 0 radical (unpaired) electrons. The second kappa shape index (κ2) is 10.7. The van der Waals surface area contributed by atoms with Gasteiger partial charge in [0.1, 0.15) is 12.4 Å². The second-order valence-electron chi connectivity index (χ2n) is 6.80. The molecule has 2 aromatic carbocycles. The molecule has 0 atom stereocenters. The first-order valence-corrected chi connectivity index (χ1v) is 11.2. The van der Waals surface area contributed by atoms with Gasteiger partial charge in [0.15, 0.2) is 11.0 Å². The Hall–Kier alpha value is -2.48. The molecule has 0 aliphatic rings. The maximum Gasteiger partial charge on any atom is 0.234 e. The Morgan fingerprint density at radius 1 is 1.19 bits per heavy atom. The molecule has 0 spiro atoms. The monoisotopic (exact) mass is 476 g/mol. The van der Waals surface area contributed by atoms with E-state index in [1.54, 1.807) is 30.3 Å². The lowest BCUT2D eigenvalue weighted by atomic mass is 10.1. The number of benzene rings is 2. The molecule has 6 nitrogen and oxygen atoms in total. The largest absolute Gasteiger partial charge is 0.486 e. The number of aryl methyl sites for hydroxylation is 2. The third-order valence-corrected chi connectivity index (χ3v) is 6.16. The highest BCUT2D eigenvalue weighted by atomic mass is 35.5. The first kappa shape index (κ1) is 23.2. The van der Waals surface area contributed by atoms with Crippen LogP contribution in [-0.4, -0.2) is 26.4 Å². The van der Waals surface area contributed by atoms with E-state index in [0.29, 0.717) is 34.0 Å². The van der Waals surface area contributed by atoms with Crippen LogP contribution in [0.4, 0.5) is 5.69 Å². The Labute approximate surface area is 195 Å². The van der Waals surface area contributed by atoms with Crippen molar-refractivity contribution in [2.75, 3.05) is 11.1 Å². The fourth-order valence-corrected chi connectivity index (χ4v) is 3.84. The summed E-state index contributed by atoms with van der Waals surface area (Å²) in [6.45, 7) is 8.41. The van der Waals surface area contributed by atoms with Crippen molar-refractivity contribution in [2.45, 2.75) is 32.2 Å². The summed E-state index contributed by atoms with van der Waals surface area (Å²) in [6.07, 6.45) is 1.75. The topological polar surface area (TPSA) is 69.0 Å². The van der Waals surface area contributed by atoms with E-state index in [-0.39, 0.29) is 18.3 Å². The van der Waals surface area contributed by atoms with Gasteiger partial charge in [-0.05, 0) is 61.4 Å². The van der Waals surface area contributed by atoms with Crippen molar-refractivity contribution in [2.24, 2.45) is 0 Å². The number of rotatable bonds is 9. The minimum atomic E-state index is -0.148. The van der Waals surface area contributed by atoms with Gasteiger partial charge in [0, 0.05) is 22.3 Å². The fourth-order valence-electron chi connectivity index (χ4n) is 2.84. The zero-order chi connectivity index (χ0) is 22.4. The molecular weight excluding hydrogens is 455 g/mol. The van der Waals surface area contributed by atoms with Gasteiger partial charge in [-0.25, -0.2) is 0 Å². The number of ether oxygens (including phenoxy) is 1. The highest BCUT2D eigenvalue weighted by Gasteiger charge is 2.15. The van der Waals surface area contributed by atoms with E-state index >= 15 is 0 Å². The maximum atomic E-state index is 12.3. The van der Waals surface area contributed by atoms with E-state index < -0.39 is 0 Å². The zero-order valence-electron chi connectivity index (χ0n) is 17.2. The molecule has 1 N–H and O–H groups in total. The van der Waals surface area contributed by atoms with Gasteiger partial charge in [0.05, 0.1) is 5.75 Å².